The summed E-state index contributed by atoms with van der Waals surface area (Å²) in [5, 5.41) is 7.09. The van der Waals surface area contributed by atoms with Gasteiger partial charge in [-0.15, -0.1) is 0 Å². The van der Waals surface area contributed by atoms with Crippen molar-refractivity contribution in [2.75, 3.05) is 18.4 Å². The molecule has 0 unspecified atom stereocenters. The minimum absolute atomic E-state index is 0.0383. The first-order valence-corrected chi connectivity index (χ1v) is 10.1. The minimum Gasteiger partial charge on any atom is -0.338 e. The number of carbonyl (C=O) groups is 1. The third-order valence-electron chi connectivity index (χ3n) is 4.91. The first kappa shape index (κ1) is 18.8. The molecule has 1 N–H and O–H groups in total. The van der Waals surface area contributed by atoms with E-state index in [0.717, 1.165) is 41.7 Å². The molecule has 0 bridgehead atoms. The second-order valence-electron chi connectivity index (χ2n) is 6.93. The highest BCUT2D eigenvalue weighted by atomic mass is 79.9. The number of para-hydroxylation sites is 1. The van der Waals surface area contributed by atoms with Crippen LogP contribution in [0.15, 0.2) is 63.6 Å². The maximum absolute atomic E-state index is 12.4. The van der Waals surface area contributed by atoms with Crippen LogP contribution in [0.5, 0.6) is 0 Å². The molecular weight excluding hydrogens is 420 g/mol. The third-order valence-corrected chi connectivity index (χ3v) is 5.40. The lowest BCUT2D eigenvalue weighted by atomic mass is 9.96. The summed E-state index contributed by atoms with van der Waals surface area (Å²) < 4.78 is 6.40. The summed E-state index contributed by atoms with van der Waals surface area (Å²) in [6.45, 7) is 2.27. The smallest absolute Gasteiger partial charge is 0.241 e. The lowest BCUT2D eigenvalue weighted by Crippen LogP contribution is -2.37. The van der Waals surface area contributed by atoms with Gasteiger partial charge in [-0.25, -0.2) is 0 Å². The van der Waals surface area contributed by atoms with Crippen molar-refractivity contribution in [3.63, 3.8) is 0 Å². The summed E-state index contributed by atoms with van der Waals surface area (Å²) in [7, 11) is 0. The van der Waals surface area contributed by atoms with Crippen molar-refractivity contribution >= 4 is 27.5 Å². The van der Waals surface area contributed by atoms with E-state index < -0.39 is 0 Å². The van der Waals surface area contributed by atoms with Crippen molar-refractivity contribution in [2.24, 2.45) is 5.92 Å². The Morgan fingerprint density at radius 2 is 1.93 bits per heavy atom. The number of anilines is 1. The Hall–Kier alpha value is -2.51. The zero-order valence-electron chi connectivity index (χ0n) is 15.3. The number of piperidine rings is 1. The number of hydrogen-bond acceptors (Lipinski definition) is 5. The molecule has 1 aromatic heterocycles. The second kappa shape index (κ2) is 8.67. The number of amides is 1. The van der Waals surface area contributed by atoms with Crippen molar-refractivity contribution in [1.29, 1.82) is 0 Å². The van der Waals surface area contributed by atoms with Gasteiger partial charge in [-0.05, 0) is 50.2 Å². The fourth-order valence-corrected chi connectivity index (χ4v) is 3.77. The van der Waals surface area contributed by atoms with Crippen LogP contribution in [0, 0.1) is 5.92 Å². The van der Waals surface area contributed by atoms with E-state index in [1.165, 1.54) is 0 Å². The van der Waals surface area contributed by atoms with Gasteiger partial charge in [0.25, 0.3) is 0 Å². The Morgan fingerprint density at radius 1 is 1.14 bits per heavy atom. The average Bonchev–Trinajstić information content (AvgIpc) is 3.18. The van der Waals surface area contributed by atoms with Gasteiger partial charge in [0.1, 0.15) is 0 Å². The molecule has 144 valence electrons. The van der Waals surface area contributed by atoms with Gasteiger partial charge >= 0.3 is 0 Å². The van der Waals surface area contributed by atoms with Crippen LogP contribution in [0.3, 0.4) is 0 Å². The van der Waals surface area contributed by atoms with Crippen molar-refractivity contribution < 1.29 is 9.32 Å². The number of hydrogen-bond donors (Lipinski definition) is 1. The highest BCUT2D eigenvalue weighted by Crippen LogP contribution is 2.23. The third kappa shape index (κ3) is 4.66. The number of nitrogens with zero attached hydrogens (tertiary/aromatic N) is 3. The van der Waals surface area contributed by atoms with Crippen LogP contribution in [-0.4, -0.2) is 34.0 Å². The van der Waals surface area contributed by atoms with E-state index in [-0.39, 0.29) is 11.8 Å². The molecule has 0 atom stereocenters. The van der Waals surface area contributed by atoms with Gasteiger partial charge in [-0.1, -0.05) is 51.4 Å². The molecule has 3 aromatic rings. The molecule has 1 aliphatic heterocycles. The maximum Gasteiger partial charge on any atom is 0.241 e. The predicted molar refractivity (Wildman–Crippen MR) is 111 cm³/mol. The van der Waals surface area contributed by atoms with Gasteiger partial charge < -0.3 is 9.84 Å². The lowest BCUT2D eigenvalue weighted by molar-refractivity contribution is -0.121. The molecule has 1 aliphatic rings. The highest BCUT2D eigenvalue weighted by molar-refractivity contribution is 9.10. The topological polar surface area (TPSA) is 71.3 Å². The Balaban J connectivity index is 1.29. The van der Waals surface area contributed by atoms with Crippen LogP contribution in [0.25, 0.3) is 11.4 Å². The SMILES string of the molecule is O=C(Nc1ccccc1)C1CCN(Cc2nc(-c3cccc(Br)c3)no2)CC1. The van der Waals surface area contributed by atoms with Gasteiger partial charge in [0.2, 0.25) is 17.6 Å². The molecule has 0 radical (unpaired) electrons. The molecule has 0 saturated carbocycles. The molecule has 1 saturated heterocycles. The van der Waals surface area contributed by atoms with Gasteiger partial charge in [-0.2, -0.15) is 4.98 Å². The van der Waals surface area contributed by atoms with E-state index in [0.29, 0.717) is 18.3 Å². The number of rotatable bonds is 5. The maximum atomic E-state index is 12.4. The number of halogens is 1. The molecule has 1 amide bonds. The Morgan fingerprint density at radius 3 is 2.68 bits per heavy atom. The zero-order chi connectivity index (χ0) is 19.3. The van der Waals surface area contributed by atoms with E-state index in [2.05, 4.69) is 36.3 Å². The first-order chi connectivity index (χ1) is 13.7. The summed E-state index contributed by atoms with van der Waals surface area (Å²) in [4.78, 5) is 19.2. The van der Waals surface area contributed by atoms with Crippen molar-refractivity contribution in [3.05, 3.63) is 65.0 Å². The molecule has 4 rings (SSSR count). The second-order valence-corrected chi connectivity index (χ2v) is 7.84. The summed E-state index contributed by atoms with van der Waals surface area (Å²) in [6, 6.07) is 17.4. The van der Waals surface area contributed by atoms with Gasteiger partial charge in [0, 0.05) is 21.6 Å². The number of aromatic nitrogens is 2. The van der Waals surface area contributed by atoms with Gasteiger partial charge in [0.15, 0.2) is 0 Å². The van der Waals surface area contributed by atoms with Crippen molar-refractivity contribution in [3.8, 4) is 11.4 Å². The summed E-state index contributed by atoms with van der Waals surface area (Å²) in [6.07, 6.45) is 1.65. The monoisotopic (exact) mass is 440 g/mol. The van der Waals surface area contributed by atoms with Crippen LogP contribution in [-0.2, 0) is 11.3 Å². The zero-order valence-corrected chi connectivity index (χ0v) is 16.9. The highest BCUT2D eigenvalue weighted by Gasteiger charge is 2.26. The molecule has 0 spiro atoms. The van der Waals surface area contributed by atoms with Gasteiger partial charge in [-0.3, -0.25) is 9.69 Å². The average molecular weight is 441 g/mol. The van der Waals surface area contributed by atoms with Crippen LogP contribution in [0.4, 0.5) is 5.69 Å². The van der Waals surface area contributed by atoms with Crippen LogP contribution >= 0.6 is 15.9 Å². The van der Waals surface area contributed by atoms with E-state index >= 15 is 0 Å². The summed E-state index contributed by atoms with van der Waals surface area (Å²) in [5.41, 5.74) is 1.77. The van der Waals surface area contributed by atoms with E-state index in [1.54, 1.807) is 0 Å². The van der Waals surface area contributed by atoms with E-state index in [1.807, 2.05) is 54.6 Å². The van der Waals surface area contributed by atoms with Gasteiger partial charge in [0.05, 0.1) is 6.54 Å². The van der Waals surface area contributed by atoms with Crippen LogP contribution < -0.4 is 5.32 Å². The molecule has 7 heteroatoms. The Labute approximate surface area is 172 Å². The molecule has 0 aliphatic carbocycles. The number of likely N-dealkylation sites (tertiary alicyclic amines) is 1. The molecule has 2 heterocycles. The predicted octanol–water partition coefficient (Wildman–Crippen LogP) is 4.35. The largest absolute Gasteiger partial charge is 0.338 e. The van der Waals surface area contributed by atoms with Crippen LogP contribution in [0.2, 0.25) is 0 Å². The normalized spacial score (nSPS) is 15.5. The molecule has 1 fully saturated rings. The van der Waals surface area contributed by atoms with E-state index in [9.17, 15) is 4.79 Å². The quantitative estimate of drug-likeness (QED) is 0.638. The van der Waals surface area contributed by atoms with E-state index in [4.69, 9.17) is 4.52 Å². The number of benzene rings is 2. The fraction of sp³-hybridized carbons (Fsp3) is 0.286. The minimum atomic E-state index is 0.0383. The molecule has 2 aromatic carbocycles. The van der Waals surface area contributed by atoms with Crippen molar-refractivity contribution in [2.45, 2.75) is 19.4 Å². The fourth-order valence-electron chi connectivity index (χ4n) is 3.37. The summed E-state index contributed by atoms with van der Waals surface area (Å²) >= 11 is 3.46. The van der Waals surface area contributed by atoms with Crippen LogP contribution in [0.1, 0.15) is 18.7 Å². The van der Waals surface area contributed by atoms with Crippen molar-refractivity contribution in [1.82, 2.24) is 15.0 Å². The number of carbonyl (C=O) groups excluding carboxylic acids is 1. The summed E-state index contributed by atoms with van der Waals surface area (Å²) in [5.74, 6) is 1.33. The molecule has 6 nitrogen and oxygen atoms in total. The Kier molecular flexibility index (Phi) is 5.83. The Bertz CT molecular complexity index is 936. The first-order valence-electron chi connectivity index (χ1n) is 9.34. The lowest BCUT2D eigenvalue weighted by Gasteiger charge is -2.30. The molecule has 28 heavy (non-hydrogen) atoms. The number of nitrogens with one attached hydrogen (secondary N) is 1. The molecular formula is C21H21BrN4O2. The standard InChI is InChI=1S/C21H21BrN4O2/c22-17-6-4-5-16(13-17)20-24-19(28-25-20)14-26-11-9-15(10-12-26)21(27)23-18-7-2-1-3-8-18/h1-8,13,15H,9-12,14H2,(H,23,27).